The number of halogens is 1. The molecule has 0 spiro atoms. The van der Waals surface area contributed by atoms with Crippen LogP contribution in [0.2, 0.25) is 0 Å². The zero-order valence-electron chi connectivity index (χ0n) is 16.9. The number of amides is 1. The lowest BCUT2D eigenvalue weighted by Crippen LogP contribution is -2.41. The Kier molecular flexibility index (Phi) is 6.08. The van der Waals surface area contributed by atoms with E-state index >= 15 is 0 Å². The van der Waals surface area contributed by atoms with Crippen molar-refractivity contribution in [2.75, 3.05) is 6.54 Å². The molecule has 3 aromatic rings. The second kappa shape index (κ2) is 8.91. The molecule has 1 fully saturated rings. The summed E-state index contributed by atoms with van der Waals surface area (Å²) in [5, 5.41) is 7.05. The molecule has 0 aliphatic carbocycles. The number of H-pyrrole nitrogens is 2. The maximum absolute atomic E-state index is 13.6. The molecule has 1 unspecified atom stereocenters. The second-order valence-corrected chi connectivity index (χ2v) is 7.96. The van der Waals surface area contributed by atoms with Gasteiger partial charge in [0.25, 0.3) is 0 Å². The molecule has 1 saturated heterocycles. The normalized spacial score (nSPS) is 16.7. The zero-order chi connectivity index (χ0) is 21.1. The number of carbonyl (C=O) groups is 1. The third-order valence-electron chi connectivity index (χ3n) is 5.47. The van der Waals surface area contributed by atoms with Crippen molar-refractivity contribution in [3.63, 3.8) is 0 Å². The number of piperidine rings is 1. The summed E-state index contributed by atoms with van der Waals surface area (Å²) < 4.78 is 15.8. The summed E-state index contributed by atoms with van der Waals surface area (Å²) in [5.41, 5.74) is 1.47. The van der Waals surface area contributed by atoms with Crippen LogP contribution < -0.4 is 0 Å². The predicted molar refractivity (Wildman–Crippen MR) is 114 cm³/mol. The van der Waals surface area contributed by atoms with Crippen LogP contribution in [0.15, 0.2) is 30.5 Å². The minimum absolute atomic E-state index is 0.00161. The number of hydrogen-bond donors (Lipinski definition) is 2. The summed E-state index contributed by atoms with van der Waals surface area (Å²) in [4.78, 5) is 22.9. The fourth-order valence-corrected chi connectivity index (χ4v) is 4.19. The van der Waals surface area contributed by atoms with Crippen LogP contribution in [0.4, 0.5) is 4.39 Å². The summed E-state index contributed by atoms with van der Waals surface area (Å²) in [5.74, 6) is 1.24. The van der Waals surface area contributed by atoms with Crippen LogP contribution in [0.5, 0.6) is 0 Å². The number of imidazole rings is 1. The van der Waals surface area contributed by atoms with Crippen molar-refractivity contribution in [1.82, 2.24) is 29.6 Å². The lowest BCUT2D eigenvalue weighted by molar-refractivity contribution is -0.136. The van der Waals surface area contributed by atoms with Gasteiger partial charge in [0.2, 0.25) is 5.91 Å². The Bertz CT molecular complexity index is 1090. The highest BCUT2D eigenvalue weighted by molar-refractivity contribution is 7.71. The Balaban J connectivity index is 1.56. The van der Waals surface area contributed by atoms with Crippen LogP contribution in [0, 0.1) is 10.6 Å². The van der Waals surface area contributed by atoms with E-state index < -0.39 is 0 Å². The summed E-state index contributed by atoms with van der Waals surface area (Å²) in [6.07, 6.45) is 6.21. The first-order chi connectivity index (χ1) is 14.6. The van der Waals surface area contributed by atoms with Crippen LogP contribution in [0.3, 0.4) is 0 Å². The number of hydrogen-bond acceptors (Lipinski definition) is 4. The third-order valence-corrected chi connectivity index (χ3v) is 5.79. The van der Waals surface area contributed by atoms with E-state index in [2.05, 4.69) is 27.1 Å². The van der Waals surface area contributed by atoms with E-state index in [9.17, 15) is 9.18 Å². The van der Waals surface area contributed by atoms with Gasteiger partial charge in [-0.2, -0.15) is 5.10 Å². The fraction of sp³-hybridized carbons (Fsp3) is 0.429. The molecule has 0 saturated carbocycles. The minimum atomic E-state index is -0.294. The van der Waals surface area contributed by atoms with E-state index in [0.717, 1.165) is 55.0 Å². The highest BCUT2D eigenvalue weighted by atomic mass is 32.1. The number of aromatic nitrogens is 5. The average Bonchev–Trinajstić information content (AvgIpc) is 3.37. The molecule has 1 atom stereocenters. The lowest BCUT2D eigenvalue weighted by Gasteiger charge is -2.34. The van der Waals surface area contributed by atoms with Gasteiger partial charge in [0.1, 0.15) is 24.0 Å². The van der Waals surface area contributed by atoms with Gasteiger partial charge in [-0.05, 0) is 50.0 Å². The SMILES string of the molecule is CCCc1n[nH]c(=S)n1CC(=O)N1CCCCC1c1ncc(-c2cccc(F)c2)[nH]1. The maximum Gasteiger partial charge on any atom is 0.243 e. The Hall–Kier alpha value is -2.81. The van der Waals surface area contributed by atoms with Gasteiger partial charge in [-0.25, -0.2) is 9.37 Å². The highest BCUT2D eigenvalue weighted by Gasteiger charge is 2.30. The quantitative estimate of drug-likeness (QED) is 0.577. The van der Waals surface area contributed by atoms with E-state index in [4.69, 9.17) is 12.2 Å². The van der Waals surface area contributed by atoms with Crippen molar-refractivity contribution < 1.29 is 9.18 Å². The molecule has 2 N–H and O–H groups in total. The Morgan fingerprint density at radius 2 is 2.23 bits per heavy atom. The van der Waals surface area contributed by atoms with Gasteiger partial charge in [0.05, 0.1) is 17.9 Å². The molecule has 1 aliphatic rings. The van der Waals surface area contributed by atoms with Gasteiger partial charge in [0.15, 0.2) is 4.77 Å². The first-order valence-electron chi connectivity index (χ1n) is 10.3. The second-order valence-electron chi connectivity index (χ2n) is 7.57. The van der Waals surface area contributed by atoms with Crippen molar-refractivity contribution in [1.29, 1.82) is 0 Å². The number of aromatic amines is 2. The Morgan fingerprint density at radius 3 is 3.03 bits per heavy atom. The predicted octanol–water partition coefficient (Wildman–Crippen LogP) is 4.18. The van der Waals surface area contributed by atoms with E-state index in [1.807, 2.05) is 11.0 Å². The van der Waals surface area contributed by atoms with Crippen LogP contribution in [0.25, 0.3) is 11.3 Å². The number of nitrogens with one attached hydrogen (secondary N) is 2. The molecular weight excluding hydrogens is 403 g/mol. The van der Waals surface area contributed by atoms with Crippen LogP contribution >= 0.6 is 12.2 Å². The molecule has 1 aromatic carbocycles. The lowest BCUT2D eigenvalue weighted by atomic mass is 10.0. The first kappa shape index (κ1) is 20.5. The molecule has 30 heavy (non-hydrogen) atoms. The Labute approximate surface area is 179 Å². The van der Waals surface area contributed by atoms with Crippen molar-refractivity contribution in [2.24, 2.45) is 0 Å². The van der Waals surface area contributed by atoms with Crippen molar-refractivity contribution in [3.8, 4) is 11.3 Å². The first-order valence-corrected chi connectivity index (χ1v) is 10.7. The molecule has 2 aromatic heterocycles. The average molecular weight is 429 g/mol. The maximum atomic E-state index is 13.6. The van der Waals surface area contributed by atoms with Crippen LogP contribution in [-0.4, -0.2) is 42.1 Å². The number of benzene rings is 1. The van der Waals surface area contributed by atoms with Gasteiger partial charge in [0, 0.05) is 18.5 Å². The molecular formula is C21H25FN6OS. The number of aryl methyl sites for hydroxylation is 1. The standard InChI is InChI=1S/C21H25FN6OS/c1-2-6-18-25-26-21(30)28(18)13-19(29)27-10-4-3-9-17(27)20-23-12-16(24-20)14-7-5-8-15(22)11-14/h5,7-8,11-12,17H,2-4,6,9-10,13H2,1H3,(H,23,24)(H,26,30). The molecule has 1 aliphatic heterocycles. The molecule has 7 nitrogen and oxygen atoms in total. The topological polar surface area (TPSA) is 82.6 Å². The molecule has 1 amide bonds. The van der Waals surface area contributed by atoms with Gasteiger partial charge in [-0.1, -0.05) is 19.1 Å². The van der Waals surface area contributed by atoms with Crippen molar-refractivity contribution >= 4 is 18.1 Å². The van der Waals surface area contributed by atoms with Gasteiger partial charge >= 0.3 is 0 Å². The van der Waals surface area contributed by atoms with E-state index in [-0.39, 0.29) is 24.3 Å². The number of carbonyl (C=O) groups excluding carboxylic acids is 1. The highest BCUT2D eigenvalue weighted by Crippen LogP contribution is 2.31. The van der Waals surface area contributed by atoms with E-state index in [0.29, 0.717) is 11.3 Å². The summed E-state index contributed by atoms with van der Waals surface area (Å²) in [6, 6.07) is 6.25. The zero-order valence-corrected chi connectivity index (χ0v) is 17.7. The number of likely N-dealkylation sites (tertiary alicyclic amines) is 1. The van der Waals surface area contributed by atoms with Crippen molar-refractivity contribution in [3.05, 3.63) is 52.7 Å². The molecule has 4 rings (SSSR count). The monoisotopic (exact) mass is 428 g/mol. The Morgan fingerprint density at radius 1 is 1.37 bits per heavy atom. The molecule has 9 heteroatoms. The summed E-state index contributed by atoms with van der Waals surface area (Å²) in [7, 11) is 0. The smallest absolute Gasteiger partial charge is 0.243 e. The van der Waals surface area contributed by atoms with Gasteiger partial charge in [-0.15, -0.1) is 0 Å². The molecule has 0 bridgehead atoms. The minimum Gasteiger partial charge on any atom is -0.340 e. The van der Waals surface area contributed by atoms with Crippen molar-refractivity contribution in [2.45, 2.75) is 51.6 Å². The summed E-state index contributed by atoms with van der Waals surface area (Å²) in [6.45, 7) is 2.91. The number of rotatable bonds is 6. The van der Waals surface area contributed by atoms with Gasteiger partial charge < -0.3 is 9.88 Å². The summed E-state index contributed by atoms with van der Waals surface area (Å²) >= 11 is 5.32. The van der Waals surface area contributed by atoms with E-state index in [1.165, 1.54) is 12.1 Å². The molecule has 3 heterocycles. The number of nitrogens with zero attached hydrogens (tertiary/aromatic N) is 4. The third kappa shape index (κ3) is 4.21. The van der Waals surface area contributed by atoms with E-state index in [1.54, 1.807) is 16.8 Å². The largest absolute Gasteiger partial charge is 0.340 e. The molecule has 0 radical (unpaired) electrons. The van der Waals surface area contributed by atoms with Gasteiger partial charge in [-0.3, -0.25) is 14.5 Å². The van der Waals surface area contributed by atoms with Crippen LogP contribution in [0.1, 0.15) is 50.3 Å². The molecule has 158 valence electrons. The fourth-order valence-electron chi connectivity index (χ4n) is 3.98. The van der Waals surface area contributed by atoms with Crippen LogP contribution in [-0.2, 0) is 17.8 Å².